The normalized spacial score (nSPS) is 11.4. The highest BCUT2D eigenvalue weighted by Gasteiger charge is 2.25. The van der Waals surface area contributed by atoms with E-state index in [1.807, 2.05) is 20.8 Å². The Bertz CT molecular complexity index is 348. The van der Waals surface area contributed by atoms with Crippen molar-refractivity contribution in [1.29, 1.82) is 0 Å². The number of aliphatic hydroxyl groups excluding tert-OH is 1. The van der Waals surface area contributed by atoms with Crippen LogP contribution in [0, 0.1) is 0 Å². The number of hydrogen-bond donors (Lipinski definition) is 4. The summed E-state index contributed by atoms with van der Waals surface area (Å²) in [7, 11) is 0. The zero-order chi connectivity index (χ0) is 13.6. The number of aromatic nitrogens is 2. The van der Waals surface area contributed by atoms with Gasteiger partial charge in [0.2, 0.25) is 0 Å². The third-order valence-electron chi connectivity index (χ3n) is 3.29. The number of hydrogen-bond acceptors (Lipinski definition) is 6. The van der Waals surface area contributed by atoms with Crippen LogP contribution in [0.15, 0.2) is 6.07 Å². The van der Waals surface area contributed by atoms with Crippen molar-refractivity contribution < 1.29 is 5.11 Å². The first-order valence-corrected chi connectivity index (χ1v) is 6.36. The summed E-state index contributed by atoms with van der Waals surface area (Å²) in [5.41, 5.74) is 2.19. The second-order valence-electron chi connectivity index (χ2n) is 4.32. The monoisotopic (exact) mass is 253 g/mol. The molecule has 0 saturated carbocycles. The van der Waals surface area contributed by atoms with Gasteiger partial charge in [-0.2, -0.15) is 0 Å². The Hall–Kier alpha value is -1.40. The largest absolute Gasteiger partial charge is 0.394 e. The molecule has 0 aliphatic rings. The summed E-state index contributed by atoms with van der Waals surface area (Å²) < 4.78 is 0. The van der Waals surface area contributed by atoms with Crippen LogP contribution in [0.4, 0.5) is 11.6 Å². The molecule has 0 unspecified atom stereocenters. The van der Waals surface area contributed by atoms with Gasteiger partial charge in [-0.3, -0.25) is 0 Å². The van der Waals surface area contributed by atoms with Crippen molar-refractivity contribution in [3.63, 3.8) is 0 Å². The summed E-state index contributed by atoms with van der Waals surface area (Å²) in [6, 6.07) is 1.74. The van der Waals surface area contributed by atoms with Gasteiger partial charge in [0.25, 0.3) is 0 Å². The molecule has 5 N–H and O–H groups in total. The average Bonchev–Trinajstić information content (AvgIpc) is 2.44. The highest BCUT2D eigenvalue weighted by Crippen LogP contribution is 2.22. The molecule has 0 saturated heterocycles. The molecule has 0 atom stereocenters. The molecule has 1 aromatic rings. The van der Waals surface area contributed by atoms with Gasteiger partial charge in [0.1, 0.15) is 17.5 Å². The van der Waals surface area contributed by atoms with Crippen LogP contribution in [-0.4, -0.2) is 27.2 Å². The quantitative estimate of drug-likeness (QED) is 0.432. The SMILES string of the molecule is CCc1nc(NN)cc(NC(CC)(CC)CO)n1. The van der Waals surface area contributed by atoms with Crippen molar-refractivity contribution in [1.82, 2.24) is 9.97 Å². The van der Waals surface area contributed by atoms with Crippen LogP contribution in [0.3, 0.4) is 0 Å². The van der Waals surface area contributed by atoms with E-state index in [-0.39, 0.29) is 12.1 Å². The number of nitrogens with one attached hydrogen (secondary N) is 2. The lowest BCUT2D eigenvalue weighted by molar-refractivity contribution is 0.202. The van der Waals surface area contributed by atoms with Crippen molar-refractivity contribution in [3.05, 3.63) is 11.9 Å². The molecule has 1 rings (SSSR count). The van der Waals surface area contributed by atoms with Gasteiger partial charge in [-0.25, -0.2) is 15.8 Å². The van der Waals surface area contributed by atoms with Crippen LogP contribution in [0.2, 0.25) is 0 Å². The number of aryl methyl sites for hydroxylation is 1. The average molecular weight is 253 g/mol. The lowest BCUT2D eigenvalue weighted by atomic mass is 9.94. The first-order valence-electron chi connectivity index (χ1n) is 6.36. The summed E-state index contributed by atoms with van der Waals surface area (Å²) in [6.07, 6.45) is 2.36. The summed E-state index contributed by atoms with van der Waals surface area (Å²) in [4.78, 5) is 8.63. The lowest BCUT2D eigenvalue weighted by Crippen LogP contribution is -2.41. The van der Waals surface area contributed by atoms with Crippen LogP contribution in [0.5, 0.6) is 0 Å². The van der Waals surface area contributed by atoms with E-state index in [0.717, 1.165) is 19.3 Å². The van der Waals surface area contributed by atoms with Crippen LogP contribution in [0.1, 0.15) is 39.4 Å². The zero-order valence-electron chi connectivity index (χ0n) is 11.3. The van der Waals surface area contributed by atoms with E-state index in [1.54, 1.807) is 6.07 Å². The van der Waals surface area contributed by atoms with E-state index in [4.69, 9.17) is 5.84 Å². The van der Waals surface area contributed by atoms with Crippen molar-refractivity contribution in [2.24, 2.45) is 5.84 Å². The van der Waals surface area contributed by atoms with E-state index in [0.29, 0.717) is 17.5 Å². The van der Waals surface area contributed by atoms with E-state index in [2.05, 4.69) is 20.7 Å². The molecule has 102 valence electrons. The molecule has 0 aliphatic heterocycles. The van der Waals surface area contributed by atoms with Crippen LogP contribution in [-0.2, 0) is 6.42 Å². The smallest absolute Gasteiger partial charge is 0.145 e. The second-order valence-corrected chi connectivity index (χ2v) is 4.32. The maximum atomic E-state index is 9.54. The van der Waals surface area contributed by atoms with E-state index >= 15 is 0 Å². The first kappa shape index (κ1) is 14.7. The Kier molecular flexibility index (Phi) is 5.30. The predicted molar refractivity (Wildman–Crippen MR) is 73.2 cm³/mol. The Morgan fingerprint density at radius 2 is 1.83 bits per heavy atom. The minimum absolute atomic E-state index is 0.0663. The molecule has 0 aliphatic carbocycles. The fourth-order valence-electron chi connectivity index (χ4n) is 1.75. The lowest BCUT2D eigenvalue weighted by Gasteiger charge is -2.31. The maximum Gasteiger partial charge on any atom is 0.145 e. The third kappa shape index (κ3) is 3.30. The Balaban J connectivity index is 3.01. The molecular weight excluding hydrogens is 230 g/mol. The van der Waals surface area contributed by atoms with Crippen LogP contribution >= 0.6 is 0 Å². The van der Waals surface area contributed by atoms with Gasteiger partial charge in [-0.15, -0.1) is 0 Å². The number of aliphatic hydroxyl groups is 1. The molecule has 0 bridgehead atoms. The Morgan fingerprint density at radius 3 is 2.28 bits per heavy atom. The molecular formula is C12H23N5O. The number of anilines is 2. The minimum atomic E-state index is -0.342. The fraction of sp³-hybridized carbons (Fsp3) is 0.667. The van der Waals surface area contributed by atoms with Gasteiger partial charge in [0.05, 0.1) is 12.1 Å². The van der Waals surface area contributed by atoms with Crippen molar-refractivity contribution in [2.45, 2.75) is 45.6 Å². The topological polar surface area (TPSA) is 96.1 Å². The summed E-state index contributed by atoms with van der Waals surface area (Å²) in [6.45, 7) is 6.13. The predicted octanol–water partition coefficient (Wildman–Crippen LogP) is 1.29. The number of nitrogens with zero attached hydrogens (tertiary/aromatic N) is 2. The molecule has 0 spiro atoms. The molecule has 0 amide bonds. The van der Waals surface area contributed by atoms with Crippen LogP contribution < -0.4 is 16.6 Å². The number of nitrogens with two attached hydrogens (primary N) is 1. The molecule has 1 aromatic heterocycles. The molecule has 18 heavy (non-hydrogen) atoms. The van der Waals surface area contributed by atoms with Gasteiger partial charge < -0.3 is 15.8 Å². The van der Waals surface area contributed by atoms with E-state index in [1.165, 1.54) is 0 Å². The van der Waals surface area contributed by atoms with Gasteiger partial charge in [0.15, 0.2) is 0 Å². The summed E-state index contributed by atoms with van der Waals surface area (Å²) >= 11 is 0. The van der Waals surface area contributed by atoms with E-state index < -0.39 is 0 Å². The van der Waals surface area contributed by atoms with Gasteiger partial charge >= 0.3 is 0 Å². The minimum Gasteiger partial charge on any atom is -0.394 e. The molecule has 0 radical (unpaired) electrons. The highest BCUT2D eigenvalue weighted by molar-refractivity contribution is 5.48. The van der Waals surface area contributed by atoms with E-state index in [9.17, 15) is 5.11 Å². The Labute approximate surface area is 108 Å². The van der Waals surface area contributed by atoms with Crippen LogP contribution in [0.25, 0.3) is 0 Å². The maximum absolute atomic E-state index is 9.54. The van der Waals surface area contributed by atoms with Gasteiger partial charge in [-0.1, -0.05) is 20.8 Å². The number of rotatable bonds is 7. The number of nitrogen functional groups attached to an aromatic ring is 1. The van der Waals surface area contributed by atoms with Crippen molar-refractivity contribution >= 4 is 11.6 Å². The summed E-state index contributed by atoms with van der Waals surface area (Å²) in [5, 5.41) is 12.8. The highest BCUT2D eigenvalue weighted by atomic mass is 16.3. The zero-order valence-corrected chi connectivity index (χ0v) is 11.3. The van der Waals surface area contributed by atoms with Crippen molar-refractivity contribution in [3.8, 4) is 0 Å². The molecule has 1 heterocycles. The molecule has 0 aromatic carbocycles. The standard InChI is InChI=1S/C12H23N5O/c1-4-9-14-10(7-11(15-9)17-13)16-12(5-2,6-3)8-18/h7,18H,4-6,8,13H2,1-3H3,(H2,14,15,16,17). The van der Waals surface area contributed by atoms with Gasteiger partial charge in [-0.05, 0) is 12.8 Å². The van der Waals surface area contributed by atoms with Gasteiger partial charge in [0, 0.05) is 12.5 Å². The first-order chi connectivity index (χ1) is 8.62. The molecule has 0 fully saturated rings. The third-order valence-corrected chi connectivity index (χ3v) is 3.29. The fourth-order valence-corrected chi connectivity index (χ4v) is 1.75. The molecule has 6 nitrogen and oxygen atoms in total. The Morgan fingerprint density at radius 1 is 1.22 bits per heavy atom. The van der Waals surface area contributed by atoms with Crippen molar-refractivity contribution in [2.75, 3.05) is 17.3 Å². The second kappa shape index (κ2) is 6.51. The number of hydrazine groups is 1. The molecule has 6 heteroatoms. The summed E-state index contributed by atoms with van der Waals surface area (Å²) in [5.74, 6) is 7.36.